The van der Waals surface area contributed by atoms with E-state index in [4.69, 9.17) is 0 Å². The molecule has 2 rings (SSSR count). The molecule has 0 bridgehead atoms. The number of hydrogen-bond donors (Lipinski definition) is 1. The minimum atomic E-state index is -0.430. The lowest BCUT2D eigenvalue weighted by atomic mass is 10.1. The van der Waals surface area contributed by atoms with E-state index < -0.39 is 4.92 Å². The second kappa shape index (κ2) is 4.79. The maximum absolute atomic E-state index is 11.0. The number of benzene rings is 1. The van der Waals surface area contributed by atoms with Gasteiger partial charge in [-0.3, -0.25) is 10.1 Å². The Kier molecular flexibility index (Phi) is 3.18. The Hall–Kier alpha value is -2.50. The van der Waals surface area contributed by atoms with Crippen LogP contribution in [0.3, 0.4) is 0 Å². The highest BCUT2D eigenvalue weighted by atomic mass is 16.6. The van der Waals surface area contributed by atoms with Crippen LogP contribution in [0.5, 0.6) is 0 Å². The van der Waals surface area contributed by atoms with E-state index in [0.29, 0.717) is 17.2 Å². The van der Waals surface area contributed by atoms with Gasteiger partial charge in [0.05, 0.1) is 10.5 Å². The number of nitro benzene ring substituents is 1. The van der Waals surface area contributed by atoms with E-state index >= 15 is 0 Å². The average molecular weight is 244 g/mol. The Balaban J connectivity index is 2.61. The number of aryl methyl sites for hydroxylation is 1. The highest BCUT2D eigenvalue weighted by molar-refractivity contribution is 5.68. The third-order valence-corrected chi connectivity index (χ3v) is 2.45. The largest absolute Gasteiger partial charge is 0.373 e. The molecule has 0 aliphatic carbocycles. The number of nitrogens with one attached hydrogen (secondary N) is 1. The molecule has 0 fully saturated rings. The summed E-state index contributed by atoms with van der Waals surface area (Å²) < 4.78 is 0. The van der Waals surface area contributed by atoms with Gasteiger partial charge in [0.15, 0.2) is 5.82 Å². The van der Waals surface area contributed by atoms with Crippen LogP contribution in [0.15, 0.2) is 30.3 Å². The van der Waals surface area contributed by atoms with Gasteiger partial charge in [0.2, 0.25) is 0 Å². The first-order valence-corrected chi connectivity index (χ1v) is 5.39. The summed E-state index contributed by atoms with van der Waals surface area (Å²) in [6.07, 6.45) is 0. The molecule has 0 atom stereocenters. The van der Waals surface area contributed by atoms with Crippen LogP contribution in [0.1, 0.15) is 5.69 Å². The molecule has 1 N–H and O–H groups in total. The first kappa shape index (κ1) is 12.0. The van der Waals surface area contributed by atoms with Crippen molar-refractivity contribution in [3.8, 4) is 11.4 Å². The molecule has 0 radical (unpaired) electrons. The van der Waals surface area contributed by atoms with E-state index in [1.54, 1.807) is 31.3 Å². The zero-order chi connectivity index (χ0) is 13.1. The van der Waals surface area contributed by atoms with Gasteiger partial charge < -0.3 is 5.32 Å². The molecular formula is C12H12N4O2. The molecule has 6 heteroatoms. The van der Waals surface area contributed by atoms with Gasteiger partial charge in [-0.05, 0) is 13.0 Å². The molecule has 1 aromatic heterocycles. The summed E-state index contributed by atoms with van der Waals surface area (Å²) in [5.74, 6) is 0.988. The lowest BCUT2D eigenvalue weighted by molar-refractivity contribution is -0.384. The van der Waals surface area contributed by atoms with Crippen molar-refractivity contribution in [3.63, 3.8) is 0 Å². The van der Waals surface area contributed by atoms with Gasteiger partial charge in [-0.2, -0.15) is 0 Å². The summed E-state index contributed by atoms with van der Waals surface area (Å²) in [4.78, 5) is 19.0. The lowest BCUT2D eigenvalue weighted by Gasteiger charge is -2.05. The van der Waals surface area contributed by atoms with Crippen LogP contribution in [0.4, 0.5) is 11.5 Å². The quantitative estimate of drug-likeness (QED) is 0.662. The van der Waals surface area contributed by atoms with Crippen LogP contribution in [0, 0.1) is 17.0 Å². The number of rotatable bonds is 3. The topological polar surface area (TPSA) is 81.0 Å². The van der Waals surface area contributed by atoms with Crippen molar-refractivity contribution in [3.05, 3.63) is 46.1 Å². The van der Waals surface area contributed by atoms with Crippen molar-refractivity contribution < 1.29 is 4.92 Å². The van der Waals surface area contributed by atoms with Crippen LogP contribution in [0.2, 0.25) is 0 Å². The SMILES string of the molecule is CNc1cc(C)nc(-c2ccccc2[N+](=O)[O-])n1. The van der Waals surface area contributed by atoms with Gasteiger partial charge in [0.25, 0.3) is 5.69 Å². The van der Waals surface area contributed by atoms with Crippen molar-refractivity contribution in [2.75, 3.05) is 12.4 Å². The number of para-hydroxylation sites is 1. The molecule has 0 saturated carbocycles. The zero-order valence-electron chi connectivity index (χ0n) is 10.0. The van der Waals surface area contributed by atoms with E-state index in [0.717, 1.165) is 5.69 Å². The summed E-state index contributed by atoms with van der Waals surface area (Å²) in [5, 5.41) is 13.9. The zero-order valence-corrected chi connectivity index (χ0v) is 10.0. The number of anilines is 1. The lowest BCUT2D eigenvalue weighted by Crippen LogP contribution is -2.00. The Morgan fingerprint density at radius 1 is 1.28 bits per heavy atom. The van der Waals surface area contributed by atoms with Crippen molar-refractivity contribution in [2.24, 2.45) is 0 Å². The van der Waals surface area contributed by atoms with Gasteiger partial charge in [0.1, 0.15) is 5.82 Å². The first-order chi connectivity index (χ1) is 8.61. The predicted octanol–water partition coefficient (Wildman–Crippen LogP) is 2.40. The Bertz CT molecular complexity index is 598. The normalized spacial score (nSPS) is 10.1. The molecular weight excluding hydrogens is 232 g/mol. The van der Waals surface area contributed by atoms with Gasteiger partial charge in [-0.25, -0.2) is 9.97 Å². The number of nitrogens with zero attached hydrogens (tertiary/aromatic N) is 3. The summed E-state index contributed by atoms with van der Waals surface area (Å²) in [5.41, 5.74) is 1.18. The highest BCUT2D eigenvalue weighted by Gasteiger charge is 2.17. The Morgan fingerprint density at radius 2 is 2.00 bits per heavy atom. The van der Waals surface area contributed by atoms with E-state index in [1.165, 1.54) is 6.07 Å². The summed E-state index contributed by atoms with van der Waals surface area (Å²) >= 11 is 0. The number of hydrogen-bond acceptors (Lipinski definition) is 5. The Morgan fingerprint density at radius 3 is 2.67 bits per heavy atom. The third kappa shape index (κ3) is 2.27. The molecule has 0 spiro atoms. The van der Waals surface area contributed by atoms with Crippen LogP contribution in [-0.2, 0) is 0 Å². The summed E-state index contributed by atoms with van der Waals surface area (Å²) in [7, 11) is 1.74. The molecule has 1 aromatic carbocycles. The van der Waals surface area contributed by atoms with Gasteiger partial charge in [-0.1, -0.05) is 12.1 Å². The molecule has 18 heavy (non-hydrogen) atoms. The molecule has 0 amide bonds. The van der Waals surface area contributed by atoms with Crippen molar-refractivity contribution >= 4 is 11.5 Å². The van der Waals surface area contributed by atoms with Crippen molar-refractivity contribution in [2.45, 2.75) is 6.92 Å². The Labute approximate surface area is 104 Å². The number of nitro groups is 1. The molecule has 92 valence electrons. The minimum absolute atomic E-state index is 0.00477. The maximum Gasteiger partial charge on any atom is 0.280 e. The molecule has 6 nitrogen and oxygen atoms in total. The highest BCUT2D eigenvalue weighted by Crippen LogP contribution is 2.27. The molecule has 0 aliphatic heterocycles. The molecule has 1 heterocycles. The maximum atomic E-state index is 11.0. The average Bonchev–Trinajstić information content (AvgIpc) is 2.38. The smallest absolute Gasteiger partial charge is 0.280 e. The van der Waals surface area contributed by atoms with Crippen LogP contribution < -0.4 is 5.32 Å². The molecule has 0 saturated heterocycles. The fourth-order valence-corrected chi connectivity index (χ4v) is 1.64. The van der Waals surface area contributed by atoms with Gasteiger partial charge in [0, 0.05) is 24.9 Å². The van der Waals surface area contributed by atoms with Gasteiger partial charge >= 0.3 is 0 Å². The van der Waals surface area contributed by atoms with Gasteiger partial charge in [-0.15, -0.1) is 0 Å². The third-order valence-electron chi connectivity index (χ3n) is 2.45. The van der Waals surface area contributed by atoms with E-state index in [2.05, 4.69) is 15.3 Å². The van der Waals surface area contributed by atoms with Crippen LogP contribution in [0.25, 0.3) is 11.4 Å². The number of aromatic nitrogens is 2. The second-order valence-corrected chi connectivity index (χ2v) is 3.74. The van der Waals surface area contributed by atoms with Crippen LogP contribution in [-0.4, -0.2) is 21.9 Å². The predicted molar refractivity (Wildman–Crippen MR) is 68.4 cm³/mol. The van der Waals surface area contributed by atoms with Crippen molar-refractivity contribution in [1.29, 1.82) is 0 Å². The second-order valence-electron chi connectivity index (χ2n) is 3.74. The summed E-state index contributed by atoms with van der Waals surface area (Å²) in [6, 6.07) is 8.22. The standard InChI is InChI=1S/C12H12N4O2/c1-8-7-11(13-2)15-12(14-8)9-5-3-4-6-10(9)16(17)18/h3-7H,1-2H3,(H,13,14,15). The minimum Gasteiger partial charge on any atom is -0.373 e. The molecule has 0 aliphatic rings. The monoisotopic (exact) mass is 244 g/mol. The van der Waals surface area contributed by atoms with Crippen molar-refractivity contribution in [1.82, 2.24) is 9.97 Å². The van der Waals surface area contributed by atoms with E-state index in [1.807, 2.05) is 6.92 Å². The van der Waals surface area contributed by atoms with Crippen LogP contribution >= 0.6 is 0 Å². The van der Waals surface area contributed by atoms with E-state index in [-0.39, 0.29) is 5.69 Å². The fraction of sp³-hybridized carbons (Fsp3) is 0.167. The summed E-state index contributed by atoms with van der Waals surface area (Å²) in [6.45, 7) is 1.82. The molecule has 0 unspecified atom stereocenters. The molecule has 2 aromatic rings. The first-order valence-electron chi connectivity index (χ1n) is 5.39. The van der Waals surface area contributed by atoms with E-state index in [9.17, 15) is 10.1 Å². The fourth-order valence-electron chi connectivity index (χ4n) is 1.64.